The summed E-state index contributed by atoms with van der Waals surface area (Å²) in [7, 11) is 1.64. The average molecular weight is 309 g/mol. The average Bonchev–Trinajstić information content (AvgIpc) is 2.74. The minimum absolute atomic E-state index is 0.141. The monoisotopic (exact) mass is 309 g/mol. The molecule has 1 aliphatic heterocycles. The summed E-state index contributed by atoms with van der Waals surface area (Å²) < 4.78 is 11.0. The van der Waals surface area contributed by atoms with Gasteiger partial charge < -0.3 is 24.6 Å². The first-order valence-corrected chi connectivity index (χ1v) is 7.98. The van der Waals surface area contributed by atoms with Crippen LogP contribution in [0.4, 0.5) is 0 Å². The highest BCUT2D eigenvalue weighted by atomic mass is 16.5. The summed E-state index contributed by atoms with van der Waals surface area (Å²) in [5, 5.41) is 19.4. The van der Waals surface area contributed by atoms with E-state index in [0.717, 1.165) is 44.0 Å². The van der Waals surface area contributed by atoms with Crippen LogP contribution in [0.1, 0.15) is 25.7 Å². The summed E-state index contributed by atoms with van der Waals surface area (Å²) in [5.74, 6) is 1.53. The van der Waals surface area contributed by atoms with Crippen molar-refractivity contribution in [1.82, 2.24) is 4.90 Å². The van der Waals surface area contributed by atoms with E-state index in [1.807, 2.05) is 24.3 Å². The molecule has 1 aliphatic rings. The maximum Gasteiger partial charge on any atom is 0.161 e. The highest BCUT2D eigenvalue weighted by Gasteiger charge is 2.28. The van der Waals surface area contributed by atoms with E-state index in [1.54, 1.807) is 7.11 Å². The molecule has 1 atom stereocenters. The molecule has 0 unspecified atom stereocenters. The van der Waals surface area contributed by atoms with Crippen molar-refractivity contribution in [1.29, 1.82) is 0 Å². The molecule has 0 amide bonds. The van der Waals surface area contributed by atoms with E-state index in [-0.39, 0.29) is 6.61 Å². The molecule has 2 rings (SSSR count). The van der Waals surface area contributed by atoms with Crippen LogP contribution in [0, 0.1) is 0 Å². The fourth-order valence-electron chi connectivity index (χ4n) is 2.82. The first-order valence-electron chi connectivity index (χ1n) is 7.98. The lowest BCUT2D eigenvalue weighted by molar-refractivity contribution is -0.0254. The topological polar surface area (TPSA) is 62.2 Å². The number of methoxy groups -OCH3 is 1. The smallest absolute Gasteiger partial charge is 0.161 e. The van der Waals surface area contributed by atoms with Crippen LogP contribution < -0.4 is 9.47 Å². The number of hydrogen-bond donors (Lipinski definition) is 2. The van der Waals surface area contributed by atoms with E-state index in [2.05, 4.69) is 4.90 Å². The van der Waals surface area contributed by atoms with E-state index >= 15 is 0 Å². The minimum Gasteiger partial charge on any atom is -0.493 e. The molecule has 2 N–H and O–H groups in total. The second kappa shape index (κ2) is 8.36. The molecule has 0 saturated carbocycles. The zero-order chi connectivity index (χ0) is 15.8. The van der Waals surface area contributed by atoms with Crippen LogP contribution in [0.3, 0.4) is 0 Å². The Morgan fingerprint density at radius 1 is 1.18 bits per heavy atom. The largest absolute Gasteiger partial charge is 0.493 e. The summed E-state index contributed by atoms with van der Waals surface area (Å²) >= 11 is 0. The van der Waals surface area contributed by atoms with Crippen molar-refractivity contribution < 1.29 is 19.7 Å². The molecule has 1 fully saturated rings. The van der Waals surface area contributed by atoms with Crippen LogP contribution in [0.15, 0.2) is 24.3 Å². The molecular formula is C17H27NO4. The molecule has 0 aliphatic carbocycles. The standard InChI is InChI=1S/C17H27NO4/c1-21-15-6-2-3-7-16(15)22-13-5-11-18-10-4-8-17(20,14-19)9-12-18/h2-3,6-7,19-20H,4-5,8-14H2,1H3/t17-/m1/s1. The van der Waals surface area contributed by atoms with Gasteiger partial charge in [0.2, 0.25) is 0 Å². The Morgan fingerprint density at radius 3 is 2.68 bits per heavy atom. The molecule has 0 radical (unpaired) electrons. The minimum atomic E-state index is -0.886. The lowest BCUT2D eigenvalue weighted by atomic mass is 9.96. The summed E-state index contributed by atoms with van der Waals surface area (Å²) in [4.78, 5) is 2.33. The highest BCUT2D eigenvalue weighted by Crippen LogP contribution is 2.26. The number of para-hydroxylation sites is 2. The van der Waals surface area contributed by atoms with E-state index in [0.29, 0.717) is 19.4 Å². The molecule has 1 heterocycles. The number of aliphatic hydroxyl groups excluding tert-OH is 1. The van der Waals surface area contributed by atoms with Crippen molar-refractivity contribution in [3.05, 3.63) is 24.3 Å². The Labute approximate surface area is 132 Å². The highest BCUT2D eigenvalue weighted by molar-refractivity contribution is 5.39. The quantitative estimate of drug-likeness (QED) is 0.750. The number of ether oxygens (including phenoxy) is 2. The van der Waals surface area contributed by atoms with Gasteiger partial charge in [-0.15, -0.1) is 0 Å². The Balaban J connectivity index is 1.70. The van der Waals surface area contributed by atoms with Gasteiger partial charge in [-0.05, 0) is 44.4 Å². The maximum absolute atomic E-state index is 10.1. The van der Waals surface area contributed by atoms with Gasteiger partial charge in [0.15, 0.2) is 11.5 Å². The summed E-state index contributed by atoms with van der Waals surface area (Å²) in [6.45, 7) is 3.23. The number of aliphatic hydroxyl groups is 2. The van der Waals surface area contributed by atoms with E-state index in [4.69, 9.17) is 9.47 Å². The van der Waals surface area contributed by atoms with Gasteiger partial charge in [0.25, 0.3) is 0 Å². The second-order valence-electron chi connectivity index (χ2n) is 5.93. The summed E-state index contributed by atoms with van der Waals surface area (Å²) in [5.41, 5.74) is -0.886. The first kappa shape index (κ1) is 17.1. The predicted octanol–water partition coefficient (Wildman–Crippen LogP) is 1.67. The molecule has 1 aromatic carbocycles. The lowest BCUT2D eigenvalue weighted by Crippen LogP contribution is -2.35. The van der Waals surface area contributed by atoms with Crippen molar-refractivity contribution in [2.75, 3.05) is 40.0 Å². The molecule has 0 bridgehead atoms. The van der Waals surface area contributed by atoms with Crippen LogP contribution in [0.5, 0.6) is 11.5 Å². The van der Waals surface area contributed by atoms with Crippen molar-refractivity contribution in [3.8, 4) is 11.5 Å². The molecule has 1 saturated heterocycles. The summed E-state index contributed by atoms with van der Waals surface area (Å²) in [6, 6.07) is 7.65. The molecule has 0 spiro atoms. The Kier molecular flexibility index (Phi) is 6.49. The summed E-state index contributed by atoms with van der Waals surface area (Å²) in [6.07, 6.45) is 3.16. The lowest BCUT2D eigenvalue weighted by Gasteiger charge is -2.24. The van der Waals surface area contributed by atoms with Crippen LogP contribution >= 0.6 is 0 Å². The molecule has 124 valence electrons. The third kappa shape index (κ3) is 4.87. The molecule has 0 aromatic heterocycles. The molecule has 5 heteroatoms. The number of benzene rings is 1. The third-order valence-electron chi connectivity index (χ3n) is 4.25. The van der Waals surface area contributed by atoms with E-state index in [1.165, 1.54) is 0 Å². The van der Waals surface area contributed by atoms with Crippen LogP contribution in [-0.4, -0.2) is 60.7 Å². The van der Waals surface area contributed by atoms with Crippen molar-refractivity contribution >= 4 is 0 Å². The van der Waals surface area contributed by atoms with Crippen molar-refractivity contribution in [2.45, 2.75) is 31.3 Å². The van der Waals surface area contributed by atoms with Gasteiger partial charge in [-0.1, -0.05) is 12.1 Å². The number of likely N-dealkylation sites (tertiary alicyclic amines) is 1. The van der Waals surface area contributed by atoms with E-state index < -0.39 is 5.60 Å². The van der Waals surface area contributed by atoms with Crippen LogP contribution in [0.2, 0.25) is 0 Å². The fraction of sp³-hybridized carbons (Fsp3) is 0.647. The van der Waals surface area contributed by atoms with Gasteiger partial charge in [0.1, 0.15) is 0 Å². The van der Waals surface area contributed by atoms with Gasteiger partial charge >= 0.3 is 0 Å². The van der Waals surface area contributed by atoms with Crippen LogP contribution in [-0.2, 0) is 0 Å². The number of hydrogen-bond acceptors (Lipinski definition) is 5. The van der Waals surface area contributed by atoms with Gasteiger partial charge in [0, 0.05) is 13.1 Å². The normalized spacial score (nSPS) is 23.0. The fourth-order valence-corrected chi connectivity index (χ4v) is 2.82. The zero-order valence-electron chi connectivity index (χ0n) is 13.3. The van der Waals surface area contributed by atoms with E-state index in [9.17, 15) is 10.2 Å². The van der Waals surface area contributed by atoms with Crippen LogP contribution in [0.25, 0.3) is 0 Å². The zero-order valence-corrected chi connectivity index (χ0v) is 13.3. The van der Waals surface area contributed by atoms with Gasteiger partial charge in [-0.2, -0.15) is 0 Å². The first-order chi connectivity index (χ1) is 10.7. The number of nitrogens with zero attached hydrogens (tertiary/aromatic N) is 1. The Bertz CT molecular complexity index is 454. The number of rotatable bonds is 7. The SMILES string of the molecule is COc1ccccc1OCCCN1CCC[C@](O)(CO)CC1. The third-order valence-corrected chi connectivity index (χ3v) is 4.25. The molecule has 1 aromatic rings. The molecular weight excluding hydrogens is 282 g/mol. The predicted molar refractivity (Wildman–Crippen MR) is 85.4 cm³/mol. The molecule has 22 heavy (non-hydrogen) atoms. The Morgan fingerprint density at radius 2 is 1.95 bits per heavy atom. The van der Waals surface area contributed by atoms with Gasteiger partial charge in [-0.25, -0.2) is 0 Å². The molecule has 5 nitrogen and oxygen atoms in total. The second-order valence-corrected chi connectivity index (χ2v) is 5.93. The van der Waals surface area contributed by atoms with Gasteiger partial charge in [-0.3, -0.25) is 0 Å². The maximum atomic E-state index is 10.1. The van der Waals surface area contributed by atoms with Gasteiger partial charge in [0.05, 0.1) is 25.9 Å². The Hall–Kier alpha value is -1.30. The van der Waals surface area contributed by atoms with Crippen molar-refractivity contribution in [2.24, 2.45) is 0 Å². The van der Waals surface area contributed by atoms with Crippen molar-refractivity contribution in [3.63, 3.8) is 0 Å².